The second-order valence-corrected chi connectivity index (χ2v) is 5.13. The van der Waals surface area contributed by atoms with Crippen LogP contribution in [0.25, 0.3) is 0 Å². The highest BCUT2D eigenvalue weighted by Crippen LogP contribution is 2.17. The summed E-state index contributed by atoms with van der Waals surface area (Å²) in [5.74, 6) is 0.723. The first-order valence-corrected chi connectivity index (χ1v) is 6.76. The van der Waals surface area contributed by atoms with Crippen molar-refractivity contribution >= 4 is 17.2 Å². The first-order valence-electron chi connectivity index (χ1n) is 5.89. The predicted octanol–water partition coefficient (Wildman–Crippen LogP) is 1.42. The van der Waals surface area contributed by atoms with Gasteiger partial charge in [0.15, 0.2) is 12.2 Å². The Morgan fingerprint density at radius 3 is 2.95 bits per heavy atom. The SMILES string of the molecule is Cc1ncc(C[n+]2csc(CCO)c2C)c(N=O)n1. The summed E-state index contributed by atoms with van der Waals surface area (Å²) in [4.78, 5) is 20.0. The molecular formula is C12H15N4O2S+. The van der Waals surface area contributed by atoms with Crippen molar-refractivity contribution in [2.24, 2.45) is 5.18 Å². The van der Waals surface area contributed by atoms with E-state index in [4.69, 9.17) is 5.11 Å². The second kappa shape index (κ2) is 5.94. The molecule has 0 aliphatic heterocycles. The van der Waals surface area contributed by atoms with Gasteiger partial charge in [-0.05, 0) is 12.1 Å². The zero-order chi connectivity index (χ0) is 13.8. The zero-order valence-corrected chi connectivity index (χ0v) is 11.6. The van der Waals surface area contributed by atoms with Gasteiger partial charge in [-0.15, -0.1) is 4.91 Å². The number of rotatable bonds is 5. The van der Waals surface area contributed by atoms with E-state index < -0.39 is 0 Å². The molecule has 19 heavy (non-hydrogen) atoms. The Kier molecular flexibility index (Phi) is 4.28. The van der Waals surface area contributed by atoms with Gasteiger partial charge in [0.2, 0.25) is 11.3 Å². The van der Waals surface area contributed by atoms with Gasteiger partial charge < -0.3 is 5.11 Å². The summed E-state index contributed by atoms with van der Waals surface area (Å²) in [7, 11) is 0. The third-order valence-corrected chi connectivity index (χ3v) is 4.03. The van der Waals surface area contributed by atoms with E-state index in [0.717, 1.165) is 10.6 Å². The number of aryl methyl sites for hydroxylation is 1. The Morgan fingerprint density at radius 2 is 2.26 bits per heavy atom. The standard InChI is InChI=1S/C12H15N4O2S/c1-8-11(3-4-17)19-7-16(8)6-10-5-13-9(2)14-12(10)15-18/h5,7,17H,3-4,6H2,1-2H3/q+1. The monoisotopic (exact) mass is 279 g/mol. The minimum absolute atomic E-state index is 0.135. The Hall–Kier alpha value is -1.73. The van der Waals surface area contributed by atoms with Crippen LogP contribution in [0, 0.1) is 18.8 Å². The highest BCUT2D eigenvalue weighted by molar-refractivity contribution is 7.09. The van der Waals surface area contributed by atoms with Crippen molar-refractivity contribution < 1.29 is 9.67 Å². The molecule has 0 amide bonds. The van der Waals surface area contributed by atoms with E-state index in [2.05, 4.69) is 15.1 Å². The smallest absolute Gasteiger partial charge is 0.225 e. The van der Waals surface area contributed by atoms with Crippen LogP contribution in [-0.2, 0) is 13.0 Å². The number of thiazole rings is 1. The van der Waals surface area contributed by atoms with Crippen molar-refractivity contribution in [1.82, 2.24) is 9.97 Å². The summed E-state index contributed by atoms with van der Waals surface area (Å²) >= 11 is 1.59. The van der Waals surface area contributed by atoms with Crippen molar-refractivity contribution in [2.75, 3.05) is 6.61 Å². The van der Waals surface area contributed by atoms with Crippen LogP contribution >= 0.6 is 11.3 Å². The maximum absolute atomic E-state index is 10.8. The van der Waals surface area contributed by atoms with Crippen molar-refractivity contribution in [2.45, 2.75) is 26.8 Å². The molecule has 1 N–H and O–H groups in total. The second-order valence-electron chi connectivity index (χ2n) is 4.19. The van der Waals surface area contributed by atoms with Crippen molar-refractivity contribution in [3.8, 4) is 0 Å². The fraction of sp³-hybridized carbons (Fsp3) is 0.417. The predicted molar refractivity (Wildman–Crippen MR) is 71.4 cm³/mol. The number of nitrogens with zero attached hydrogens (tertiary/aromatic N) is 4. The van der Waals surface area contributed by atoms with E-state index in [1.165, 1.54) is 0 Å². The van der Waals surface area contributed by atoms with Crippen molar-refractivity contribution in [3.05, 3.63) is 38.6 Å². The molecule has 0 saturated heterocycles. The van der Waals surface area contributed by atoms with Crippen LogP contribution in [0.1, 0.15) is 22.0 Å². The number of hydrogen-bond donors (Lipinski definition) is 1. The Morgan fingerprint density at radius 1 is 1.47 bits per heavy atom. The largest absolute Gasteiger partial charge is 0.396 e. The molecule has 6 nitrogen and oxygen atoms in total. The number of nitroso groups, excluding NO2 is 1. The normalized spacial score (nSPS) is 10.7. The molecule has 2 rings (SSSR count). The lowest BCUT2D eigenvalue weighted by atomic mass is 10.2. The molecule has 0 aliphatic carbocycles. The molecule has 0 aliphatic rings. The van der Waals surface area contributed by atoms with E-state index in [1.54, 1.807) is 24.5 Å². The maximum atomic E-state index is 10.8. The van der Waals surface area contributed by atoms with E-state index in [9.17, 15) is 4.91 Å². The van der Waals surface area contributed by atoms with Gasteiger partial charge in [0.25, 0.3) is 0 Å². The first kappa shape index (κ1) is 13.7. The number of aliphatic hydroxyl groups is 1. The third-order valence-electron chi connectivity index (χ3n) is 2.88. The molecule has 0 radical (unpaired) electrons. The summed E-state index contributed by atoms with van der Waals surface area (Å²) in [5, 5.41) is 11.9. The molecule has 7 heteroatoms. The minimum Gasteiger partial charge on any atom is -0.396 e. The Balaban J connectivity index is 2.28. The molecule has 0 atom stereocenters. The molecule has 2 heterocycles. The molecule has 0 unspecified atom stereocenters. The molecule has 2 aromatic rings. The molecule has 0 bridgehead atoms. The van der Waals surface area contributed by atoms with Gasteiger partial charge in [0, 0.05) is 26.1 Å². The van der Waals surface area contributed by atoms with Crippen LogP contribution < -0.4 is 4.57 Å². The van der Waals surface area contributed by atoms with Gasteiger partial charge in [-0.2, -0.15) is 4.57 Å². The molecular weight excluding hydrogens is 264 g/mol. The van der Waals surface area contributed by atoms with Gasteiger partial charge in [0.05, 0.1) is 10.4 Å². The van der Waals surface area contributed by atoms with Crippen LogP contribution in [0.3, 0.4) is 0 Å². The Labute approximate surface area is 114 Å². The van der Waals surface area contributed by atoms with Gasteiger partial charge in [0.1, 0.15) is 5.82 Å². The topological polar surface area (TPSA) is 79.3 Å². The van der Waals surface area contributed by atoms with Crippen LogP contribution in [0.4, 0.5) is 5.82 Å². The van der Waals surface area contributed by atoms with E-state index in [0.29, 0.717) is 24.4 Å². The molecule has 0 spiro atoms. The van der Waals surface area contributed by atoms with Gasteiger partial charge in [-0.25, -0.2) is 9.97 Å². The minimum atomic E-state index is 0.135. The fourth-order valence-electron chi connectivity index (χ4n) is 1.81. The van der Waals surface area contributed by atoms with Crippen molar-refractivity contribution in [1.29, 1.82) is 0 Å². The molecule has 0 saturated carbocycles. The fourth-order valence-corrected chi connectivity index (χ4v) is 2.79. The van der Waals surface area contributed by atoms with Gasteiger partial charge in [-0.3, -0.25) is 0 Å². The van der Waals surface area contributed by atoms with Crippen LogP contribution in [0.5, 0.6) is 0 Å². The quantitative estimate of drug-likeness (QED) is 0.663. The lowest BCUT2D eigenvalue weighted by molar-refractivity contribution is -0.689. The lowest BCUT2D eigenvalue weighted by Crippen LogP contribution is -2.35. The number of aromatic nitrogens is 3. The van der Waals surface area contributed by atoms with E-state index >= 15 is 0 Å². The number of aliphatic hydroxyl groups excluding tert-OH is 1. The maximum Gasteiger partial charge on any atom is 0.225 e. The third kappa shape index (κ3) is 2.99. The lowest BCUT2D eigenvalue weighted by Gasteiger charge is -2.00. The number of hydrogen-bond acceptors (Lipinski definition) is 6. The summed E-state index contributed by atoms with van der Waals surface area (Å²) < 4.78 is 2.01. The molecule has 0 aromatic carbocycles. The average molecular weight is 279 g/mol. The summed E-state index contributed by atoms with van der Waals surface area (Å²) in [6, 6.07) is 0. The molecule has 2 aromatic heterocycles. The summed E-state index contributed by atoms with van der Waals surface area (Å²) in [6.07, 6.45) is 2.28. The average Bonchev–Trinajstić information content (AvgIpc) is 2.74. The summed E-state index contributed by atoms with van der Waals surface area (Å²) in [5.41, 5.74) is 3.74. The summed E-state index contributed by atoms with van der Waals surface area (Å²) in [6.45, 7) is 4.36. The van der Waals surface area contributed by atoms with Gasteiger partial charge in [-0.1, -0.05) is 11.3 Å². The van der Waals surface area contributed by atoms with Crippen LogP contribution in [0.2, 0.25) is 0 Å². The van der Waals surface area contributed by atoms with E-state index in [-0.39, 0.29) is 12.4 Å². The zero-order valence-electron chi connectivity index (χ0n) is 10.8. The highest BCUT2D eigenvalue weighted by atomic mass is 32.1. The first-order chi connectivity index (χ1) is 9.15. The van der Waals surface area contributed by atoms with Gasteiger partial charge >= 0.3 is 0 Å². The molecule has 100 valence electrons. The molecule has 0 fully saturated rings. The van der Waals surface area contributed by atoms with Crippen LogP contribution in [-0.4, -0.2) is 21.7 Å². The van der Waals surface area contributed by atoms with E-state index in [1.807, 2.05) is 17.0 Å². The Bertz CT molecular complexity index is 597. The van der Waals surface area contributed by atoms with Crippen LogP contribution in [0.15, 0.2) is 16.9 Å². The van der Waals surface area contributed by atoms with Crippen molar-refractivity contribution in [3.63, 3.8) is 0 Å². The highest BCUT2D eigenvalue weighted by Gasteiger charge is 2.18.